The summed E-state index contributed by atoms with van der Waals surface area (Å²) in [6.45, 7) is 6.42. The van der Waals surface area contributed by atoms with Gasteiger partial charge in [0.05, 0.1) is 0 Å². The van der Waals surface area contributed by atoms with E-state index >= 15 is 0 Å². The molecule has 0 saturated carbocycles. The van der Waals surface area contributed by atoms with Crippen LogP contribution in [0.25, 0.3) is 0 Å². The van der Waals surface area contributed by atoms with Gasteiger partial charge in [-0.15, -0.1) is 0 Å². The van der Waals surface area contributed by atoms with E-state index in [9.17, 15) is 14.4 Å². The number of carbonyl (C=O) groups excluding carboxylic acids is 3. The molecule has 0 heterocycles. The normalized spacial score (nSPS) is 13.1. The van der Waals surface area contributed by atoms with E-state index in [2.05, 4.69) is 142 Å². The van der Waals surface area contributed by atoms with Crippen LogP contribution >= 0.6 is 0 Å². The van der Waals surface area contributed by atoms with Gasteiger partial charge >= 0.3 is 17.9 Å². The number of allylic oxidation sites excluding steroid dienone is 22. The Labute approximate surface area is 424 Å². The van der Waals surface area contributed by atoms with Crippen molar-refractivity contribution in [1.29, 1.82) is 0 Å². The predicted molar refractivity (Wildman–Crippen MR) is 297 cm³/mol. The van der Waals surface area contributed by atoms with Crippen LogP contribution in [0.1, 0.15) is 226 Å². The molecule has 0 aromatic heterocycles. The zero-order valence-corrected chi connectivity index (χ0v) is 44.3. The highest BCUT2D eigenvalue weighted by Gasteiger charge is 2.19. The summed E-state index contributed by atoms with van der Waals surface area (Å²) in [7, 11) is 0. The Hall–Kier alpha value is -4.45. The van der Waals surface area contributed by atoms with Crippen LogP contribution in [0.2, 0.25) is 0 Å². The second-order valence-electron chi connectivity index (χ2n) is 17.8. The molecule has 0 aromatic rings. The van der Waals surface area contributed by atoms with Crippen molar-refractivity contribution >= 4 is 17.9 Å². The van der Waals surface area contributed by atoms with Gasteiger partial charge < -0.3 is 14.2 Å². The van der Waals surface area contributed by atoms with Crippen LogP contribution in [0, 0.1) is 0 Å². The molecule has 0 unspecified atom stereocenters. The molecule has 0 aliphatic heterocycles. The summed E-state index contributed by atoms with van der Waals surface area (Å²) in [6.07, 6.45) is 78.7. The number of unbranched alkanes of at least 4 members (excludes halogenated alkanes) is 15. The SMILES string of the molecule is CCCCC/C=C\C/C=C\C/C=C\C/C=C\C/C=C\CCC(=O)OC[C@H](COC(=O)CCCC/C=C\C/C=C\C/C=C\CCCCC)OC(=O)CCCCCC/C=C\C/C=C\C/C=C\CCCCC. The van der Waals surface area contributed by atoms with E-state index in [0.29, 0.717) is 12.8 Å². The Morgan fingerprint density at radius 1 is 0.290 bits per heavy atom. The Morgan fingerprint density at radius 3 is 0.913 bits per heavy atom. The maximum absolute atomic E-state index is 12.8. The van der Waals surface area contributed by atoms with Crippen molar-refractivity contribution in [3.8, 4) is 0 Å². The van der Waals surface area contributed by atoms with Crippen LogP contribution in [-0.4, -0.2) is 37.2 Å². The van der Waals surface area contributed by atoms with Crippen LogP contribution in [0.5, 0.6) is 0 Å². The van der Waals surface area contributed by atoms with Gasteiger partial charge in [-0.05, 0) is 135 Å². The molecule has 0 aromatic carbocycles. The first kappa shape index (κ1) is 64.5. The molecule has 0 saturated heterocycles. The van der Waals surface area contributed by atoms with E-state index in [-0.39, 0.29) is 50.4 Å². The van der Waals surface area contributed by atoms with Gasteiger partial charge in [0.2, 0.25) is 0 Å². The second-order valence-corrected chi connectivity index (χ2v) is 17.8. The third kappa shape index (κ3) is 54.4. The molecule has 0 amide bonds. The highest BCUT2D eigenvalue weighted by atomic mass is 16.6. The number of carbonyl (C=O) groups is 3. The monoisotopic (exact) mass is 953 g/mol. The summed E-state index contributed by atoms with van der Waals surface area (Å²) < 4.78 is 16.7. The molecule has 0 aliphatic carbocycles. The van der Waals surface area contributed by atoms with E-state index in [4.69, 9.17) is 14.2 Å². The summed E-state index contributed by atoms with van der Waals surface area (Å²) >= 11 is 0. The second kappa shape index (κ2) is 56.1. The molecule has 6 nitrogen and oxygen atoms in total. The smallest absolute Gasteiger partial charge is 0.306 e. The molecule has 0 N–H and O–H groups in total. The lowest BCUT2D eigenvalue weighted by Gasteiger charge is -2.18. The van der Waals surface area contributed by atoms with Crippen molar-refractivity contribution in [2.45, 2.75) is 232 Å². The molecular weight excluding hydrogens is 853 g/mol. The Morgan fingerprint density at radius 2 is 0.551 bits per heavy atom. The average molecular weight is 953 g/mol. The molecule has 0 aliphatic rings. The summed E-state index contributed by atoms with van der Waals surface area (Å²) in [6, 6.07) is 0. The van der Waals surface area contributed by atoms with Gasteiger partial charge in [-0.3, -0.25) is 14.4 Å². The molecule has 6 heteroatoms. The minimum Gasteiger partial charge on any atom is -0.462 e. The van der Waals surface area contributed by atoms with Gasteiger partial charge in [0.15, 0.2) is 6.10 Å². The number of hydrogen-bond donors (Lipinski definition) is 0. The first-order valence-corrected chi connectivity index (χ1v) is 27.7. The molecule has 0 spiro atoms. The Bertz CT molecular complexity index is 1510. The van der Waals surface area contributed by atoms with Crippen molar-refractivity contribution in [1.82, 2.24) is 0 Å². The zero-order valence-electron chi connectivity index (χ0n) is 44.3. The van der Waals surface area contributed by atoms with Gasteiger partial charge in [-0.1, -0.05) is 206 Å². The van der Waals surface area contributed by atoms with Crippen molar-refractivity contribution in [2.24, 2.45) is 0 Å². The fraction of sp³-hybridized carbons (Fsp3) is 0.603. The van der Waals surface area contributed by atoms with Gasteiger partial charge in [0, 0.05) is 19.3 Å². The van der Waals surface area contributed by atoms with Crippen molar-refractivity contribution in [3.63, 3.8) is 0 Å². The molecule has 0 bridgehead atoms. The fourth-order valence-corrected chi connectivity index (χ4v) is 6.91. The maximum Gasteiger partial charge on any atom is 0.306 e. The van der Waals surface area contributed by atoms with Gasteiger partial charge in [-0.2, -0.15) is 0 Å². The van der Waals surface area contributed by atoms with Gasteiger partial charge in [-0.25, -0.2) is 0 Å². The minimum atomic E-state index is -0.841. The third-order valence-corrected chi connectivity index (χ3v) is 11.1. The number of rotatable bonds is 48. The quantitative estimate of drug-likeness (QED) is 0.0262. The van der Waals surface area contributed by atoms with Gasteiger partial charge in [0.1, 0.15) is 13.2 Å². The Balaban J connectivity index is 4.62. The minimum absolute atomic E-state index is 0.135. The van der Waals surface area contributed by atoms with Gasteiger partial charge in [0.25, 0.3) is 0 Å². The van der Waals surface area contributed by atoms with Crippen LogP contribution in [0.3, 0.4) is 0 Å². The fourth-order valence-electron chi connectivity index (χ4n) is 6.91. The van der Waals surface area contributed by atoms with E-state index in [1.807, 2.05) is 12.2 Å². The zero-order chi connectivity index (χ0) is 50.0. The summed E-state index contributed by atoms with van der Waals surface area (Å²) in [4.78, 5) is 38.1. The predicted octanol–water partition coefficient (Wildman–Crippen LogP) is 18.6. The molecule has 0 fully saturated rings. The van der Waals surface area contributed by atoms with E-state index in [0.717, 1.165) is 96.3 Å². The van der Waals surface area contributed by atoms with E-state index < -0.39 is 6.10 Å². The largest absolute Gasteiger partial charge is 0.462 e. The topological polar surface area (TPSA) is 78.9 Å². The lowest BCUT2D eigenvalue weighted by molar-refractivity contribution is -0.166. The average Bonchev–Trinajstić information content (AvgIpc) is 3.35. The van der Waals surface area contributed by atoms with Crippen molar-refractivity contribution in [3.05, 3.63) is 134 Å². The molecule has 0 rings (SSSR count). The molecule has 0 radical (unpaired) electrons. The first-order valence-electron chi connectivity index (χ1n) is 27.7. The molecule has 388 valence electrons. The van der Waals surface area contributed by atoms with Crippen molar-refractivity contribution < 1.29 is 28.6 Å². The first-order chi connectivity index (χ1) is 34.0. The summed E-state index contributed by atoms with van der Waals surface area (Å²) in [5.74, 6) is -1.08. The maximum atomic E-state index is 12.8. The van der Waals surface area contributed by atoms with Crippen LogP contribution in [0.4, 0.5) is 0 Å². The lowest BCUT2D eigenvalue weighted by atomic mass is 10.1. The number of hydrogen-bond acceptors (Lipinski definition) is 6. The summed E-state index contributed by atoms with van der Waals surface area (Å²) in [5.41, 5.74) is 0. The Kier molecular flexibility index (Phi) is 52.5. The highest BCUT2D eigenvalue weighted by Crippen LogP contribution is 2.11. The van der Waals surface area contributed by atoms with Crippen LogP contribution in [0.15, 0.2) is 134 Å². The number of ether oxygens (including phenoxy) is 3. The number of esters is 3. The van der Waals surface area contributed by atoms with Crippen LogP contribution < -0.4 is 0 Å². The molecule has 69 heavy (non-hydrogen) atoms. The summed E-state index contributed by atoms with van der Waals surface area (Å²) in [5, 5.41) is 0. The third-order valence-electron chi connectivity index (χ3n) is 11.1. The van der Waals surface area contributed by atoms with E-state index in [1.165, 1.54) is 77.0 Å². The van der Waals surface area contributed by atoms with E-state index in [1.54, 1.807) is 0 Å². The highest BCUT2D eigenvalue weighted by molar-refractivity contribution is 5.71. The standard InChI is InChI=1S/C63H100O6/c1-4-7-10-13-16-19-22-25-28-30-31-33-35-38-41-44-47-50-53-56-62(65)68-59-60(58-67-61(64)55-52-49-46-43-40-37-34-27-24-21-18-15-12-9-6-3)69-63(66)57-54-51-48-45-42-39-36-32-29-26-23-20-17-14-11-8-5-2/h16-21,25-29,31,33-34,36,38-41,43,47,50,60H,4-15,22-24,30,32,35,37,42,44-46,48-49,51-59H2,1-3H3/b19-16-,20-17-,21-18-,28-25-,29-26-,33-31-,34-27-,39-36-,41-38-,43-40-,50-47-/t60-/m0/s1. The molecule has 1 atom stereocenters. The van der Waals surface area contributed by atoms with Crippen molar-refractivity contribution in [2.75, 3.05) is 13.2 Å². The molecular formula is C63H100O6. The van der Waals surface area contributed by atoms with Crippen LogP contribution in [-0.2, 0) is 28.6 Å². The lowest BCUT2D eigenvalue weighted by Crippen LogP contribution is -2.30.